The molecule has 0 saturated heterocycles. The second-order valence-corrected chi connectivity index (χ2v) is 7.66. The van der Waals surface area contributed by atoms with Gasteiger partial charge in [-0.15, -0.1) is 0 Å². The Balaban J connectivity index is 1.66. The Kier molecular flexibility index (Phi) is 6.75. The number of amides is 1. The van der Waals surface area contributed by atoms with Gasteiger partial charge in [-0.05, 0) is 64.9 Å². The van der Waals surface area contributed by atoms with Crippen molar-refractivity contribution in [2.45, 2.75) is 6.61 Å². The zero-order valence-electron chi connectivity index (χ0n) is 18.4. The maximum atomic E-state index is 12.8. The number of phenols is 1. The van der Waals surface area contributed by atoms with Crippen molar-refractivity contribution in [3.05, 3.63) is 107 Å². The minimum Gasteiger partial charge on any atom is -0.508 e. The number of carboxylic acid groups (broad SMARTS) is 1. The lowest BCUT2D eigenvalue weighted by molar-refractivity contribution is -0.112. The molecule has 1 amide bonds. The number of rotatable bonds is 7. The van der Waals surface area contributed by atoms with Gasteiger partial charge in [-0.2, -0.15) is 5.26 Å². The Labute approximate surface area is 201 Å². The van der Waals surface area contributed by atoms with Gasteiger partial charge in [-0.1, -0.05) is 42.5 Å². The van der Waals surface area contributed by atoms with Gasteiger partial charge in [0, 0.05) is 11.3 Å². The fourth-order valence-electron chi connectivity index (χ4n) is 3.49. The number of hydrogen-bond donors (Lipinski definition) is 3. The Bertz CT molecular complexity index is 1470. The van der Waals surface area contributed by atoms with Gasteiger partial charge in [0.15, 0.2) is 0 Å². The molecule has 4 rings (SSSR count). The van der Waals surface area contributed by atoms with Crippen molar-refractivity contribution in [2.75, 3.05) is 5.32 Å². The summed E-state index contributed by atoms with van der Waals surface area (Å²) in [4.78, 5) is 23.9. The molecule has 3 N–H and O–H groups in total. The third-order valence-electron chi connectivity index (χ3n) is 5.30. The summed E-state index contributed by atoms with van der Waals surface area (Å²) in [5, 5.41) is 32.6. The zero-order chi connectivity index (χ0) is 24.8. The van der Waals surface area contributed by atoms with E-state index in [0.29, 0.717) is 17.0 Å². The van der Waals surface area contributed by atoms with Crippen LogP contribution in [-0.2, 0) is 11.4 Å². The third kappa shape index (κ3) is 5.46. The average Bonchev–Trinajstić information content (AvgIpc) is 2.87. The molecule has 0 radical (unpaired) electrons. The molecule has 7 nitrogen and oxygen atoms in total. The van der Waals surface area contributed by atoms with Crippen LogP contribution in [0.15, 0.2) is 90.5 Å². The fourth-order valence-corrected chi connectivity index (χ4v) is 3.49. The van der Waals surface area contributed by atoms with E-state index in [9.17, 15) is 20.0 Å². The van der Waals surface area contributed by atoms with Gasteiger partial charge in [0.1, 0.15) is 29.7 Å². The number of aromatic carboxylic acids is 1. The van der Waals surface area contributed by atoms with E-state index in [1.807, 2.05) is 36.4 Å². The minimum atomic E-state index is -1.01. The molecule has 0 bridgehead atoms. The van der Waals surface area contributed by atoms with Gasteiger partial charge in [0.25, 0.3) is 5.91 Å². The number of benzene rings is 4. The quantitative estimate of drug-likeness (QED) is 0.192. The highest BCUT2D eigenvalue weighted by atomic mass is 16.5. The highest BCUT2D eigenvalue weighted by Gasteiger charge is 2.14. The first kappa shape index (κ1) is 23.1. The highest BCUT2D eigenvalue weighted by Crippen LogP contribution is 2.31. The first-order valence-corrected chi connectivity index (χ1v) is 10.6. The lowest BCUT2D eigenvalue weighted by atomic mass is 10.0. The van der Waals surface area contributed by atoms with Crippen LogP contribution in [0, 0.1) is 11.3 Å². The van der Waals surface area contributed by atoms with Gasteiger partial charge < -0.3 is 20.3 Å². The first-order valence-electron chi connectivity index (χ1n) is 10.6. The van der Waals surface area contributed by atoms with Crippen molar-refractivity contribution in [2.24, 2.45) is 0 Å². The molecule has 0 unspecified atom stereocenters. The van der Waals surface area contributed by atoms with Crippen LogP contribution in [0.3, 0.4) is 0 Å². The molecule has 7 heteroatoms. The van der Waals surface area contributed by atoms with E-state index in [-0.39, 0.29) is 23.5 Å². The molecule has 0 aliphatic carbocycles. The number of carboxylic acids is 1. The first-order chi connectivity index (χ1) is 16.9. The fraction of sp³-hybridized carbons (Fsp3) is 0.0357. The van der Waals surface area contributed by atoms with Crippen molar-refractivity contribution in [3.63, 3.8) is 0 Å². The summed E-state index contributed by atoms with van der Waals surface area (Å²) >= 11 is 0. The van der Waals surface area contributed by atoms with E-state index in [1.165, 1.54) is 42.5 Å². The number of phenolic OH excluding ortho intramolecular Hbond substituents is 1. The second kappa shape index (κ2) is 10.2. The normalized spacial score (nSPS) is 11.0. The molecule has 0 aromatic heterocycles. The number of nitrogens with zero attached hydrogens (tertiary/aromatic N) is 1. The summed E-state index contributed by atoms with van der Waals surface area (Å²) in [5.41, 5.74) is 1.84. The van der Waals surface area contributed by atoms with Crippen LogP contribution in [0.2, 0.25) is 0 Å². The van der Waals surface area contributed by atoms with Crippen molar-refractivity contribution in [3.8, 4) is 17.6 Å². The number of carbonyl (C=O) groups is 2. The molecule has 0 saturated carbocycles. The summed E-state index contributed by atoms with van der Waals surface area (Å²) in [6.07, 6.45) is 1.49. The Morgan fingerprint density at radius 2 is 1.66 bits per heavy atom. The predicted octanol–water partition coefficient (Wildman–Crippen LogP) is 5.37. The Hall–Kier alpha value is -5.09. The van der Waals surface area contributed by atoms with Crippen molar-refractivity contribution >= 4 is 34.4 Å². The van der Waals surface area contributed by atoms with E-state index in [4.69, 9.17) is 9.84 Å². The topological polar surface area (TPSA) is 120 Å². The van der Waals surface area contributed by atoms with Crippen LogP contribution in [-0.4, -0.2) is 22.1 Å². The molecule has 35 heavy (non-hydrogen) atoms. The number of anilines is 1. The molecule has 0 fully saturated rings. The van der Waals surface area contributed by atoms with Crippen LogP contribution >= 0.6 is 0 Å². The molecule has 0 heterocycles. The smallest absolute Gasteiger partial charge is 0.335 e. The van der Waals surface area contributed by atoms with Gasteiger partial charge in [0.05, 0.1) is 5.56 Å². The van der Waals surface area contributed by atoms with Crippen molar-refractivity contribution in [1.29, 1.82) is 5.26 Å². The maximum absolute atomic E-state index is 12.8. The molecule has 0 aliphatic heterocycles. The highest BCUT2D eigenvalue weighted by molar-refractivity contribution is 6.11. The number of nitriles is 1. The molecule has 4 aromatic carbocycles. The summed E-state index contributed by atoms with van der Waals surface area (Å²) in [7, 11) is 0. The summed E-state index contributed by atoms with van der Waals surface area (Å²) in [5.74, 6) is -1.07. The lowest BCUT2D eigenvalue weighted by Gasteiger charge is -2.13. The van der Waals surface area contributed by atoms with Gasteiger partial charge in [-0.25, -0.2) is 4.79 Å². The van der Waals surface area contributed by atoms with E-state index >= 15 is 0 Å². The number of nitrogens with one attached hydrogen (secondary N) is 1. The van der Waals surface area contributed by atoms with Crippen molar-refractivity contribution < 1.29 is 24.5 Å². The van der Waals surface area contributed by atoms with E-state index in [1.54, 1.807) is 18.2 Å². The number of aromatic hydroxyl groups is 1. The standard InChI is InChI=1S/C28H20N2O5/c29-16-21(27(32)30-22-10-12-23(31)13-11-22)15-25-24-4-2-1-3-19(24)9-14-26(25)35-17-18-5-7-20(8-6-18)28(33)34/h1-15,31H,17H2,(H,30,32)(H,33,34)/b21-15-. The number of hydrogen-bond acceptors (Lipinski definition) is 5. The monoisotopic (exact) mass is 464 g/mol. The Morgan fingerprint density at radius 1 is 0.943 bits per heavy atom. The van der Waals surface area contributed by atoms with Crippen LogP contribution in [0.4, 0.5) is 5.69 Å². The summed E-state index contributed by atoms with van der Waals surface area (Å²) in [6.45, 7) is 0.167. The molecular formula is C28H20N2O5. The van der Waals surface area contributed by atoms with Crippen LogP contribution in [0.25, 0.3) is 16.8 Å². The van der Waals surface area contributed by atoms with Crippen LogP contribution in [0.1, 0.15) is 21.5 Å². The van der Waals surface area contributed by atoms with E-state index in [2.05, 4.69) is 5.32 Å². The molecule has 0 spiro atoms. The largest absolute Gasteiger partial charge is 0.508 e. The molecule has 4 aromatic rings. The lowest BCUT2D eigenvalue weighted by Crippen LogP contribution is -2.13. The van der Waals surface area contributed by atoms with Crippen LogP contribution < -0.4 is 10.1 Å². The zero-order valence-corrected chi connectivity index (χ0v) is 18.4. The van der Waals surface area contributed by atoms with Crippen LogP contribution in [0.5, 0.6) is 11.5 Å². The van der Waals surface area contributed by atoms with E-state index < -0.39 is 11.9 Å². The number of carbonyl (C=O) groups excluding carboxylic acids is 1. The second-order valence-electron chi connectivity index (χ2n) is 7.66. The van der Waals surface area contributed by atoms with Gasteiger partial charge in [-0.3, -0.25) is 4.79 Å². The van der Waals surface area contributed by atoms with Gasteiger partial charge >= 0.3 is 5.97 Å². The predicted molar refractivity (Wildman–Crippen MR) is 132 cm³/mol. The SMILES string of the molecule is N#C/C(=C/c1c(OCc2ccc(C(=O)O)cc2)ccc2ccccc12)C(=O)Nc1ccc(O)cc1. The van der Waals surface area contributed by atoms with Crippen molar-refractivity contribution in [1.82, 2.24) is 0 Å². The molecular weight excluding hydrogens is 444 g/mol. The molecule has 0 aliphatic rings. The third-order valence-corrected chi connectivity index (χ3v) is 5.30. The number of ether oxygens (including phenoxy) is 1. The number of fused-ring (bicyclic) bond motifs is 1. The minimum absolute atomic E-state index is 0.0641. The van der Waals surface area contributed by atoms with E-state index in [0.717, 1.165) is 16.3 Å². The molecule has 0 atom stereocenters. The van der Waals surface area contributed by atoms with Gasteiger partial charge in [0.2, 0.25) is 0 Å². The maximum Gasteiger partial charge on any atom is 0.335 e. The Morgan fingerprint density at radius 3 is 2.34 bits per heavy atom. The summed E-state index contributed by atoms with van der Waals surface area (Å²) < 4.78 is 6.03. The average molecular weight is 464 g/mol. The summed E-state index contributed by atoms with van der Waals surface area (Å²) in [6, 6.07) is 25.4. The molecule has 172 valence electrons.